The van der Waals surface area contributed by atoms with Crippen molar-refractivity contribution in [3.63, 3.8) is 0 Å². The van der Waals surface area contributed by atoms with E-state index in [0.717, 1.165) is 54.0 Å². The highest BCUT2D eigenvalue weighted by molar-refractivity contribution is 7.13. The topological polar surface area (TPSA) is 75.3 Å². The summed E-state index contributed by atoms with van der Waals surface area (Å²) >= 11 is 1.68. The van der Waals surface area contributed by atoms with Gasteiger partial charge in [0.2, 0.25) is 0 Å². The van der Waals surface area contributed by atoms with Gasteiger partial charge < -0.3 is 9.80 Å². The quantitative estimate of drug-likeness (QED) is 0.550. The van der Waals surface area contributed by atoms with Crippen molar-refractivity contribution in [1.82, 2.24) is 30.0 Å². The van der Waals surface area contributed by atoms with Crippen molar-refractivity contribution in [2.24, 2.45) is 0 Å². The number of hydrogen-bond acceptors (Lipinski definition) is 8. The minimum absolute atomic E-state index is 0.758. The first-order chi connectivity index (χ1) is 12.9. The molecular weight excluding hydrogens is 348 g/mol. The summed E-state index contributed by atoms with van der Waals surface area (Å²) in [6.07, 6.45) is 1.62. The zero-order valence-corrected chi connectivity index (χ0v) is 14.7. The number of aromatic nitrogens is 6. The first-order valence-electron chi connectivity index (χ1n) is 8.41. The molecule has 0 unspecified atom stereocenters. The van der Waals surface area contributed by atoms with E-state index in [9.17, 15) is 0 Å². The van der Waals surface area contributed by atoms with Crippen LogP contribution >= 0.6 is 11.3 Å². The van der Waals surface area contributed by atoms with Crippen LogP contribution in [0.15, 0.2) is 48.1 Å². The van der Waals surface area contributed by atoms with Crippen LogP contribution in [-0.2, 0) is 0 Å². The van der Waals surface area contributed by atoms with Crippen LogP contribution in [-0.4, -0.2) is 56.2 Å². The second-order valence-electron chi connectivity index (χ2n) is 6.05. The van der Waals surface area contributed by atoms with Crippen molar-refractivity contribution in [2.75, 3.05) is 36.0 Å². The summed E-state index contributed by atoms with van der Waals surface area (Å²) in [7, 11) is 0. The molecule has 0 amide bonds. The maximum atomic E-state index is 4.57. The lowest BCUT2D eigenvalue weighted by molar-refractivity contribution is 0.633. The van der Waals surface area contributed by atoms with E-state index in [1.807, 2.05) is 24.3 Å². The third-order valence-corrected chi connectivity index (χ3v) is 5.39. The molecule has 26 heavy (non-hydrogen) atoms. The molecule has 0 radical (unpaired) electrons. The Morgan fingerprint density at radius 1 is 0.808 bits per heavy atom. The highest BCUT2D eigenvalue weighted by Gasteiger charge is 2.20. The molecule has 0 aliphatic carbocycles. The third-order valence-electron chi connectivity index (χ3n) is 4.50. The van der Waals surface area contributed by atoms with Crippen molar-refractivity contribution in [3.8, 4) is 10.6 Å². The van der Waals surface area contributed by atoms with Crippen LogP contribution in [0.1, 0.15) is 0 Å². The van der Waals surface area contributed by atoms with Gasteiger partial charge in [0.05, 0.1) is 4.88 Å². The molecule has 0 saturated carbocycles. The monoisotopic (exact) mass is 364 g/mol. The fourth-order valence-corrected chi connectivity index (χ4v) is 3.79. The van der Waals surface area contributed by atoms with Gasteiger partial charge in [0.1, 0.15) is 17.8 Å². The number of thiophene rings is 1. The standard InChI is InChI=1S/C17H16N8S/c1-2-14(26-11-1)13-3-4-15(21-19-13)23-7-9-24(10-8-23)17-6-5-16-20-18-12-25(16)22-17/h1-6,11-12H,7-10H2. The van der Waals surface area contributed by atoms with Crippen LogP contribution in [0.25, 0.3) is 16.2 Å². The Morgan fingerprint density at radius 2 is 1.62 bits per heavy atom. The van der Waals surface area contributed by atoms with E-state index in [1.165, 1.54) is 0 Å². The van der Waals surface area contributed by atoms with Crippen molar-refractivity contribution in [1.29, 1.82) is 0 Å². The largest absolute Gasteiger partial charge is 0.352 e. The Kier molecular flexibility index (Phi) is 3.71. The summed E-state index contributed by atoms with van der Waals surface area (Å²) in [5, 5.41) is 23.3. The Labute approximate surface area is 153 Å². The second kappa shape index (κ2) is 6.34. The first-order valence-corrected chi connectivity index (χ1v) is 9.29. The predicted octanol–water partition coefficient (Wildman–Crippen LogP) is 1.97. The fraction of sp³-hybridized carbons (Fsp3) is 0.235. The van der Waals surface area contributed by atoms with E-state index in [0.29, 0.717) is 0 Å². The van der Waals surface area contributed by atoms with Gasteiger partial charge in [0.15, 0.2) is 11.5 Å². The molecule has 0 N–H and O–H groups in total. The Bertz CT molecular complexity index is 1000. The van der Waals surface area contributed by atoms with Crippen LogP contribution < -0.4 is 9.80 Å². The normalized spacial score (nSPS) is 14.9. The van der Waals surface area contributed by atoms with Crippen molar-refractivity contribution < 1.29 is 0 Å². The average Bonchev–Trinajstić information content (AvgIpc) is 3.39. The molecule has 4 aromatic rings. The number of fused-ring (bicyclic) bond motifs is 1. The molecule has 0 bridgehead atoms. The molecule has 0 atom stereocenters. The molecule has 130 valence electrons. The molecule has 0 aromatic carbocycles. The van der Waals surface area contributed by atoms with Gasteiger partial charge in [-0.15, -0.1) is 36.8 Å². The molecule has 9 heteroatoms. The lowest BCUT2D eigenvalue weighted by atomic mass is 10.3. The first kappa shape index (κ1) is 15.2. The van der Waals surface area contributed by atoms with E-state index >= 15 is 0 Å². The molecule has 1 aliphatic rings. The van der Waals surface area contributed by atoms with Gasteiger partial charge in [-0.25, -0.2) is 0 Å². The molecular formula is C17H16N8S. The van der Waals surface area contributed by atoms with E-state index < -0.39 is 0 Å². The summed E-state index contributed by atoms with van der Waals surface area (Å²) < 4.78 is 1.70. The van der Waals surface area contributed by atoms with Gasteiger partial charge in [-0.3, -0.25) is 0 Å². The van der Waals surface area contributed by atoms with Gasteiger partial charge >= 0.3 is 0 Å². The van der Waals surface area contributed by atoms with Gasteiger partial charge in [-0.05, 0) is 35.7 Å². The molecule has 5 heterocycles. The predicted molar refractivity (Wildman–Crippen MR) is 101 cm³/mol. The van der Waals surface area contributed by atoms with E-state index in [1.54, 1.807) is 22.2 Å². The molecule has 5 rings (SSSR count). The third kappa shape index (κ3) is 2.76. The smallest absolute Gasteiger partial charge is 0.177 e. The summed E-state index contributed by atoms with van der Waals surface area (Å²) in [6, 6.07) is 12.1. The number of piperazine rings is 1. The zero-order valence-electron chi connectivity index (χ0n) is 13.9. The highest BCUT2D eigenvalue weighted by Crippen LogP contribution is 2.24. The molecule has 0 spiro atoms. The maximum Gasteiger partial charge on any atom is 0.177 e. The van der Waals surface area contributed by atoms with Crippen molar-refractivity contribution >= 4 is 28.6 Å². The number of rotatable bonds is 3. The van der Waals surface area contributed by atoms with E-state index in [4.69, 9.17) is 0 Å². The Balaban J connectivity index is 1.27. The van der Waals surface area contributed by atoms with Gasteiger partial charge in [0.25, 0.3) is 0 Å². The molecule has 1 fully saturated rings. The van der Waals surface area contributed by atoms with E-state index in [-0.39, 0.29) is 0 Å². The van der Waals surface area contributed by atoms with E-state index in [2.05, 4.69) is 52.8 Å². The van der Waals surface area contributed by atoms with Crippen LogP contribution in [0.3, 0.4) is 0 Å². The second-order valence-corrected chi connectivity index (χ2v) is 7.00. The maximum absolute atomic E-state index is 4.57. The summed E-state index contributed by atoms with van der Waals surface area (Å²) in [6.45, 7) is 3.54. The van der Waals surface area contributed by atoms with Crippen LogP contribution in [0, 0.1) is 0 Å². The summed E-state index contributed by atoms with van der Waals surface area (Å²) in [5.74, 6) is 1.86. The lowest BCUT2D eigenvalue weighted by Gasteiger charge is -2.35. The fourth-order valence-electron chi connectivity index (χ4n) is 3.10. The summed E-state index contributed by atoms with van der Waals surface area (Å²) in [4.78, 5) is 5.67. The molecule has 1 saturated heterocycles. The molecule has 1 aliphatic heterocycles. The van der Waals surface area contributed by atoms with Gasteiger partial charge in [-0.1, -0.05) is 6.07 Å². The van der Waals surface area contributed by atoms with Crippen LogP contribution in [0.5, 0.6) is 0 Å². The Morgan fingerprint density at radius 3 is 2.35 bits per heavy atom. The van der Waals surface area contributed by atoms with Crippen LogP contribution in [0.2, 0.25) is 0 Å². The average molecular weight is 364 g/mol. The SMILES string of the molecule is c1csc(-c2ccc(N3CCN(c4ccc5nncn5n4)CC3)nn2)c1. The Hall–Kier alpha value is -3.07. The molecule has 8 nitrogen and oxygen atoms in total. The van der Waals surface area contributed by atoms with Gasteiger partial charge in [0, 0.05) is 26.2 Å². The number of nitrogens with zero attached hydrogens (tertiary/aromatic N) is 8. The minimum Gasteiger partial charge on any atom is -0.352 e. The minimum atomic E-state index is 0.758. The van der Waals surface area contributed by atoms with Crippen LogP contribution in [0.4, 0.5) is 11.6 Å². The summed E-state index contributed by atoms with van der Waals surface area (Å²) in [5.41, 5.74) is 1.68. The zero-order chi connectivity index (χ0) is 17.3. The number of hydrogen-bond donors (Lipinski definition) is 0. The highest BCUT2D eigenvalue weighted by atomic mass is 32.1. The molecule has 4 aromatic heterocycles. The van der Waals surface area contributed by atoms with Crippen molar-refractivity contribution in [2.45, 2.75) is 0 Å². The lowest BCUT2D eigenvalue weighted by Crippen LogP contribution is -2.47. The number of anilines is 2. The van der Waals surface area contributed by atoms with Crippen molar-refractivity contribution in [3.05, 3.63) is 48.1 Å². The van der Waals surface area contributed by atoms with Gasteiger partial charge in [-0.2, -0.15) is 4.52 Å².